The molecular formula is C23H21N3O2S2. The molecule has 2 aromatic heterocycles. The van der Waals surface area contributed by atoms with E-state index in [-0.39, 0.29) is 17.2 Å². The first-order valence-corrected chi connectivity index (χ1v) is 11.5. The Hall–Kier alpha value is -2.90. The van der Waals surface area contributed by atoms with Gasteiger partial charge in [-0.15, -0.1) is 11.3 Å². The maximum atomic E-state index is 13.3. The van der Waals surface area contributed by atoms with E-state index in [1.165, 1.54) is 23.1 Å². The fourth-order valence-corrected chi connectivity index (χ4v) is 4.94. The van der Waals surface area contributed by atoms with Crippen LogP contribution in [0.15, 0.2) is 70.6 Å². The number of nitrogens with one attached hydrogen (secondary N) is 1. The summed E-state index contributed by atoms with van der Waals surface area (Å²) in [5.41, 5.74) is 2.42. The zero-order chi connectivity index (χ0) is 21.1. The third kappa shape index (κ3) is 4.17. The quantitative estimate of drug-likeness (QED) is 0.340. The fraction of sp³-hybridized carbons (Fsp3) is 0.174. The summed E-state index contributed by atoms with van der Waals surface area (Å²) >= 11 is 2.80. The van der Waals surface area contributed by atoms with E-state index in [1.54, 1.807) is 4.57 Å². The van der Waals surface area contributed by atoms with Gasteiger partial charge in [-0.2, -0.15) is 0 Å². The van der Waals surface area contributed by atoms with E-state index in [0.29, 0.717) is 15.4 Å². The number of rotatable bonds is 6. The number of benzene rings is 2. The van der Waals surface area contributed by atoms with Gasteiger partial charge >= 0.3 is 0 Å². The highest BCUT2D eigenvalue weighted by atomic mass is 32.2. The zero-order valence-corrected chi connectivity index (χ0v) is 18.3. The highest BCUT2D eigenvalue weighted by Crippen LogP contribution is 2.27. The van der Waals surface area contributed by atoms with Crippen LogP contribution in [0.25, 0.3) is 15.9 Å². The SMILES string of the molecule is CCc1cc2c(=O)n(-c3ccccc3)c(SCC(=O)Nc3ccccc3C)nc2s1. The average Bonchev–Trinajstić information content (AvgIpc) is 3.18. The molecule has 0 aliphatic heterocycles. The van der Waals surface area contributed by atoms with E-state index in [9.17, 15) is 9.59 Å². The van der Waals surface area contributed by atoms with Crippen molar-refractivity contribution in [3.63, 3.8) is 0 Å². The topological polar surface area (TPSA) is 64.0 Å². The minimum absolute atomic E-state index is 0.107. The molecule has 0 unspecified atom stereocenters. The molecule has 2 aromatic carbocycles. The van der Waals surface area contributed by atoms with Crippen LogP contribution in [0.1, 0.15) is 17.4 Å². The van der Waals surface area contributed by atoms with E-state index < -0.39 is 0 Å². The molecule has 0 fully saturated rings. The number of hydrogen-bond acceptors (Lipinski definition) is 5. The molecule has 0 radical (unpaired) electrons. The van der Waals surface area contributed by atoms with Crippen molar-refractivity contribution in [3.8, 4) is 5.69 Å². The molecule has 4 aromatic rings. The molecule has 4 rings (SSSR count). The summed E-state index contributed by atoms with van der Waals surface area (Å²) in [6, 6.07) is 19.0. The summed E-state index contributed by atoms with van der Waals surface area (Å²) in [7, 11) is 0. The number of hydrogen-bond donors (Lipinski definition) is 1. The molecule has 0 saturated heterocycles. The van der Waals surface area contributed by atoms with Crippen molar-refractivity contribution in [2.24, 2.45) is 0 Å². The van der Waals surface area contributed by atoms with Crippen molar-refractivity contribution in [2.75, 3.05) is 11.1 Å². The number of anilines is 1. The number of nitrogens with zero attached hydrogens (tertiary/aromatic N) is 2. The number of para-hydroxylation sites is 2. The maximum absolute atomic E-state index is 13.3. The lowest BCUT2D eigenvalue weighted by Crippen LogP contribution is -2.22. The summed E-state index contributed by atoms with van der Waals surface area (Å²) in [5, 5.41) is 4.07. The van der Waals surface area contributed by atoms with E-state index in [4.69, 9.17) is 4.98 Å². The molecule has 0 spiro atoms. The molecule has 1 amide bonds. The monoisotopic (exact) mass is 435 g/mol. The molecule has 1 N–H and O–H groups in total. The first-order chi connectivity index (χ1) is 14.6. The van der Waals surface area contributed by atoms with Crippen molar-refractivity contribution in [1.29, 1.82) is 0 Å². The molecule has 30 heavy (non-hydrogen) atoms. The van der Waals surface area contributed by atoms with Crippen LogP contribution < -0.4 is 10.9 Å². The minimum atomic E-state index is -0.135. The van der Waals surface area contributed by atoms with Gasteiger partial charge in [-0.1, -0.05) is 55.1 Å². The van der Waals surface area contributed by atoms with Crippen LogP contribution in [0.5, 0.6) is 0 Å². The number of thioether (sulfide) groups is 1. The predicted octanol–water partition coefficient (Wildman–Crippen LogP) is 5.05. The first kappa shape index (κ1) is 20.4. The smallest absolute Gasteiger partial charge is 0.267 e. The van der Waals surface area contributed by atoms with Crippen LogP contribution in [0, 0.1) is 6.92 Å². The number of aryl methyl sites for hydroxylation is 2. The summed E-state index contributed by atoms with van der Waals surface area (Å²) in [5.74, 6) is 0.0224. The third-order valence-corrected chi connectivity index (χ3v) is 6.81. The van der Waals surface area contributed by atoms with E-state index >= 15 is 0 Å². The minimum Gasteiger partial charge on any atom is -0.325 e. The molecule has 2 heterocycles. The average molecular weight is 436 g/mol. The number of fused-ring (bicyclic) bond motifs is 1. The Morgan fingerprint density at radius 2 is 1.87 bits per heavy atom. The van der Waals surface area contributed by atoms with E-state index in [2.05, 4.69) is 12.2 Å². The van der Waals surface area contributed by atoms with Gasteiger partial charge in [0.2, 0.25) is 5.91 Å². The molecular weight excluding hydrogens is 414 g/mol. The van der Waals surface area contributed by atoms with Gasteiger partial charge < -0.3 is 5.32 Å². The van der Waals surface area contributed by atoms with Gasteiger partial charge in [0.25, 0.3) is 5.56 Å². The van der Waals surface area contributed by atoms with Gasteiger partial charge in [0.15, 0.2) is 5.16 Å². The van der Waals surface area contributed by atoms with Crippen molar-refractivity contribution >= 4 is 44.9 Å². The Morgan fingerprint density at radius 1 is 1.13 bits per heavy atom. The highest BCUT2D eigenvalue weighted by Gasteiger charge is 2.17. The molecule has 7 heteroatoms. The normalized spacial score (nSPS) is 11.0. The Morgan fingerprint density at radius 3 is 2.60 bits per heavy atom. The number of carbonyl (C=O) groups excluding carboxylic acids is 1. The lowest BCUT2D eigenvalue weighted by Gasteiger charge is -2.12. The molecule has 0 bridgehead atoms. The second-order valence-corrected chi connectivity index (χ2v) is 8.87. The number of carbonyl (C=O) groups is 1. The highest BCUT2D eigenvalue weighted by molar-refractivity contribution is 7.99. The molecule has 0 aliphatic rings. The summed E-state index contributed by atoms with van der Waals surface area (Å²) in [4.78, 5) is 32.4. The molecule has 5 nitrogen and oxygen atoms in total. The van der Waals surface area contributed by atoms with Gasteiger partial charge in [0, 0.05) is 10.6 Å². The summed E-state index contributed by atoms with van der Waals surface area (Å²) in [6.07, 6.45) is 0.854. The Labute approximate surface area is 182 Å². The van der Waals surface area contributed by atoms with Crippen LogP contribution in [0.2, 0.25) is 0 Å². The third-order valence-electron chi connectivity index (χ3n) is 4.70. The van der Waals surface area contributed by atoms with Crippen LogP contribution in [0.4, 0.5) is 5.69 Å². The van der Waals surface area contributed by atoms with Crippen molar-refractivity contribution in [1.82, 2.24) is 9.55 Å². The maximum Gasteiger partial charge on any atom is 0.267 e. The standard InChI is InChI=1S/C23H21N3O2S2/c1-3-17-13-18-21(30-17)25-23(26(22(18)28)16-10-5-4-6-11-16)29-14-20(27)24-19-12-8-7-9-15(19)2/h4-13H,3,14H2,1-2H3,(H,24,27). The van der Waals surface area contributed by atoms with Gasteiger partial charge in [-0.05, 0) is 43.2 Å². The van der Waals surface area contributed by atoms with Gasteiger partial charge in [-0.25, -0.2) is 4.98 Å². The van der Waals surface area contributed by atoms with E-state index in [0.717, 1.165) is 28.2 Å². The van der Waals surface area contributed by atoms with Crippen molar-refractivity contribution < 1.29 is 4.79 Å². The van der Waals surface area contributed by atoms with Gasteiger partial charge in [0.1, 0.15) is 4.83 Å². The van der Waals surface area contributed by atoms with Gasteiger partial charge in [-0.3, -0.25) is 14.2 Å². The Balaban J connectivity index is 1.68. The molecule has 0 aliphatic carbocycles. The summed E-state index contributed by atoms with van der Waals surface area (Å²) in [6.45, 7) is 4.01. The summed E-state index contributed by atoms with van der Waals surface area (Å²) < 4.78 is 1.60. The zero-order valence-electron chi connectivity index (χ0n) is 16.7. The second kappa shape index (κ2) is 8.85. The van der Waals surface area contributed by atoms with Crippen LogP contribution in [-0.4, -0.2) is 21.2 Å². The second-order valence-electron chi connectivity index (χ2n) is 6.81. The number of aromatic nitrogens is 2. The lowest BCUT2D eigenvalue weighted by atomic mass is 10.2. The van der Waals surface area contributed by atoms with Gasteiger partial charge in [0.05, 0.1) is 16.8 Å². The van der Waals surface area contributed by atoms with Crippen molar-refractivity contribution in [3.05, 3.63) is 81.5 Å². The molecule has 0 saturated carbocycles. The molecule has 152 valence electrons. The number of thiophene rings is 1. The van der Waals surface area contributed by atoms with Crippen LogP contribution in [0.3, 0.4) is 0 Å². The molecule has 0 atom stereocenters. The van der Waals surface area contributed by atoms with Crippen LogP contribution in [-0.2, 0) is 11.2 Å². The predicted molar refractivity (Wildman–Crippen MR) is 125 cm³/mol. The van der Waals surface area contributed by atoms with E-state index in [1.807, 2.05) is 67.6 Å². The first-order valence-electron chi connectivity index (χ1n) is 9.66. The fourth-order valence-electron chi connectivity index (χ4n) is 3.12. The Bertz CT molecular complexity index is 1260. The number of amides is 1. The Kier molecular flexibility index (Phi) is 6.01. The van der Waals surface area contributed by atoms with Crippen molar-refractivity contribution in [2.45, 2.75) is 25.4 Å². The largest absolute Gasteiger partial charge is 0.325 e. The lowest BCUT2D eigenvalue weighted by molar-refractivity contribution is -0.113. The van der Waals surface area contributed by atoms with Crippen LogP contribution >= 0.6 is 23.1 Å².